The van der Waals surface area contributed by atoms with Crippen LogP contribution >= 0.6 is 0 Å². The Balaban J connectivity index is 1.87. The molecule has 0 amide bonds. The van der Waals surface area contributed by atoms with Gasteiger partial charge in [-0.3, -0.25) is 0 Å². The zero-order chi connectivity index (χ0) is 15.3. The van der Waals surface area contributed by atoms with Crippen molar-refractivity contribution in [3.63, 3.8) is 0 Å². The van der Waals surface area contributed by atoms with Crippen molar-refractivity contribution in [1.82, 2.24) is 0 Å². The second-order valence-corrected chi connectivity index (χ2v) is 7.04. The summed E-state index contributed by atoms with van der Waals surface area (Å²) in [6.45, 7) is 5.93. The number of nitrogen functional groups attached to an aromatic ring is 1. The molecular weight excluding hydrogens is 258 g/mol. The normalized spacial score (nSPS) is 19.2. The van der Waals surface area contributed by atoms with Gasteiger partial charge < -0.3 is 15.1 Å². The van der Waals surface area contributed by atoms with Crippen LogP contribution in [0.1, 0.15) is 39.0 Å². The molecule has 0 aromatic heterocycles. The highest BCUT2D eigenvalue weighted by Gasteiger charge is 2.34. The van der Waals surface area contributed by atoms with E-state index in [2.05, 4.69) is 38.1 Å². The van der Waals surface area contributed by atoms with Gasteiger partial charge in [0.15, 0.2) is 0 Å². The summed E-state index contributed by atoms with van der Waals surface area (Å²) in [5.41, 5.74) is 7.95. The molecule has 1 unspecified atom stereocenters. The van der Waals surface area contributed by atoms with Crippen LogP contribution in [0.2, 0.25) is 0 Å². The molecule has 0 bridgehead atoms. The highest BCUT2D eigenvalue weighted by molar-refractivity contribution is 5.53. The largest absolute Gasteiger partial charge is 0.399 e. The predicted molar refractivity (Wildman–Crippen MR) is 92.6 cm³/mol. The number of benzene rings is 1. The molecule has 2 N–H and O–H groups in total. The Morgan fingerprint density at radius 3 is 2.52 bits per heavy atom. The lowest BCUT2D eigenvalue weighted by atomic mass is 10.1. The Bertz CT molecular complexity index is 425. The van der Waals surface area contributed by atoms with Gasteiger partial charge in [-0.2, -0.15) is 0 Å². The summed E-state index contributed by atoms with van der Waals surface area (Å²) in [5.74, 6) is 0. The molecule has 0 radical (unpaired) electrons. The van der Waals surface area contributed by atoms with E-state index < -0.39 is 0 Å². The van der Waals surface area contributed by atoms with Crippen molar-refractivity contribution in [2.45, 2.75) is 45.1 Å². The number of nitrogens with zero attached hydrogens (tertiary/aromatic N) is 2. The summed E-state index contributed by atoms with van der Waals surface area (Å²) < 4.78 is 1.16. The van der Waals surface area contributed by atoms with Crippen molar-refractivity contribution < 1.29 is 4.48 Å². The van der Waals surface area contributed by atoms with Crippen LogP contribution in [0.3, 0.4) is 0 Å². The molecule has 1 atom stereocenters. The molecule has 3 nitrogen and oxygen atoms in total. The zero-order valence-corrected chi connectivity index (χ0v) is 14.0. The van der Waals surface area contributed by atoms with Gasteiger partial charge in [0.1, 0.15) is 6.04 Å². The van der Waals surface area contributed by atoms with Crippen LogP contribution in [0, 0.1) is 0 Å². The van der Waals surface area contributed by atoms with E-state index in [0.717, 1.165) is 16.2 Å². The Hall–Kier alpha value is -1.22. The smallest absolute Gasteiger partial charge is 0.108 e. The van der Waals surface area contributed by atoms with Gasteiger partial charge in [-0.25, -0.2) is 0 Å². The molecule has 1 saturated heterocycles. The van der Waals surface area contributed by atoms with Crippen molar-refractivity contribution in [3.8, 4) is 0 Å². The first-order valence-corrected chi connectivity index (χ1v) is 8.46. The topological polar surface area (TPSA) is 29.3 Å². The van der Waals surface area contributed by atoms with Crippen molar-refractivity contribution in [3.05, 3.63) is 24.3 Å². The fraction of sp³-hybridized carbons (Fsp3) is 0.667. The van der Waals surface area contributed by atoms with Gasteiger partial charge in [-0.15, -0.1) is 0 Å². The molecule has 1 aromatic carbocycles. The maximum Gasteiger partial charge on any atom is 0.108 e. The number of likely N-dealkylation sites (N-methyl/N-ethyl adjacent to an activating group) is 1. The van der Waals surface area contributed by atoms with Crippen molar-refractivity contribution in [1.29, 1.82) is 0 Å². The molecule has 0 spiro atoms. The number of anilines is 2. The SMILES string of the molecule is CCCCCC[N+](C)(C)C1CCN(c2ccc(N)cc2)C1. The molecule has 0 aliphatic carbocycles. The summed E-state index contributed by atoms with van der Waals surface area (Å²) in [6, 6.07) is 9.07. The summed E-state index contributed by atoms with van der Waals surface area (Å²) in [6.07, 6.45) is 6.74. The minimum Gasteiger partial charge on any atom is -0.399 e. The van der Waals surface area contributed by atoms with Crippen LogP contribution in [0.25, 0.3) is 0 Å². The number of rotatable bonds is 7. The molecule has 0 saturated carbocycles. The van der Waals surface area contributed by atoms with Crippen LogP contribution in [-0.4, -0.2) is 44.3 Å². The van der Waals surface area contributed by atoms with E-state index in [-0.39, 0.29) is 0 Å². The quantitative estimate of drug-likeness (QED) is 0.473. The molecule has 3 heteroatoms. The number of nitrogens with two attached hydrogens (primary N) is 1. The lowest BCUT2D eigenvalue weighted by molar-refractivity contribution is -0.912. The average Bonchev–Trinajstić information content (AvgIpc) is 2.95. The fourth-order valence-electron chi connectivity index (χ4n) is 3.36. The molecule has 1 heterocycles. The Morgan fingerprint density at radius 2 is 1.86 bits per heavy atom. The van der Waals surface area contributed by atoms with Gasteiger partial charge in [0.05, 0.1) is 27.2 Å². The predicted octanol–water partition coefficient (Wildman–Crippen LogP) is 3.50. The molecule has 21 heavy (non-hydrogen) atoms. The average molecular weight is 290 g/mol. The molecular formula is C18H32N3+. The first-order chi connectivity index (χ1) is 10.0. The third-order valence-electron chi connectivity index (χ3n) is 5.00. The maximum atomic E-state index is 5.78. The molecule has 118 valence electrons. The lowest BCUT2D eigenvalue weighted by Crippen LogP contribution is -2.50. The van der Waals surface area contributed by atoms with Gasteiger partial charge in [-0.05, 0) is 37.1 Å². The van der Waals surface area contributed by atoms with Crippen molar-refractivity contribution >= 4 is 11.4 Å². The standard InChI is InChI=1S/C18H32N3/c1-4-5-6-7-14-21(2,3)18-12-13-20(15-18)17-10-8-16(19)9-11-17/h8-11,18H,4-7,12-15,19H2,1-3H3/q+1. The maximum absolute atomic E-state index is 5.78. The van der Waals surface area contributed by atoms with Crippen LogP contribution in [-0.2, 0) is 0 Å². The summed E-state index contributed by atoms with van der Waals surface area (Å²) >= 11 is 0. The Morgan fingerprint density at radius 1 is 1.14 bits per heavy atom. The fourth-order valence-corrected chi connectivity index (χ4v) is 3.36. The minimum absolute atomic E-state index is 0.754. The Kier molecular flexibility index (Phi) is 5.51. The highest BCUT2D eigenvalue weighted by Crippen LogP contribution is 2.26. The van der Waals surface area contributed by atoms with E-state index >= 15 is 0 Å². The Labute approximate surface area is 130 Å². The van der Waals surface area contributed by atoms with Crippen LogP contribution in [0.15, 0.2) is 24.3 Å². The van der Waals surface area contributed by atoms with E-state index in [1.54, 1.807) is 0 Å². The van der Waals surface area contributed by atoms with Gasteiger partial charge in [-0.1, -0.05) is 19.8 Å². The first kappa shape index (κ1) is 16.2. The molecule has 1 aliphatic heterocycles. The second kappa shape index (κ2) is 7.17. The van der Waals surface area contributed by atoms with Gasteiger partial charge in [0, 0.05) is 24.3 Å². The molecule has 2 rings (SSSR count). The minimum atomic E-state index is 0.754. The lowest BCUT2D eigenvalue weighted by Gasteiger charge is -2.36. The monoisotopic (exact) mass is 290 g/mol. The van der Waals surface area contributed by atoms with Gasteiger partial charge in [0.2, 0.25) is 0 Å². The molecule has 1 fully saturated rings. The number of unbranched alkanes of at least 4 members (excludes halogenated alkanes) is 3. The van der Waals surface area contributed by atoms with Crippen LogP contribution in [0.5, 0.6) is 0 Å². The molecule has 1 aliphatic rings. The summed E-state index contributed by atoms with van der Waals surface area (Å²) in [4.78, 5) is 2.51. The zero-order valence-electron chi connectivity index (χ0n) is 14.0. The van der Waals surface area contributed by atoms with E-state index in [1.807, 2.05) is 12.1 Å². The van der Waals surface area contributed by atoms with Gasteiger partial charge >= 0.3 is 0 Å². The summed E-state index contributed by atoms with van der Waals surface area (Å²) in [7, 11) is 4.81. The van der Waals surface area contributed by atoms with Crippen molar-refractivity contribution in [2.75, 3.05) is 44.4 Å². The van der Waals surface area contributed by atoms with E-state index in [9.17, 15) is 0 Å². The van der Waals surface area contributed by atoms with E-state index in [0.29, 0.717) is 0 Å². The van der Waals surface area contributed by atoms with Crippen LogP contribution < -0.4 is 10.6 Å². The number of hydrogen-bond acceptors (Lipinski definition) is 2. The van der Waals surface area contributed by atoms with E-state index in [1.165, 1.54) is 57.4 Å². The highest BCUT2D eigenvalue weighted by atomic mass is 15.4. The third-order valence-corrected chi connectivity index (χ3v) is 5.00. The molecule has 1 aromatic rings. The number of hydrogen-bond donors (Lipinski definition) is 1. The number of quaternary nitrogens is 1. The van der Waals surface area contributed by atoms with Crippen molar-refractivity contribution in [2.24, 2.45) is 0 Å². The third kappa shape index (κ3) is 4.37. The first-order valence-electron chi connectivity index (χ1n) is 8.46. The van der Waals surface area contributed by atoms with Crippen LogP contribution in [0.4, 0.5) is 11.4 Å². The van der Waals surface area contributed by atoms with E-state index in [4.69, 9.17) is 5.73 Å². The van der Waals surface area contributed by atoms with Gasteiger partial charge in [0.25, 0.3) is 0 Å². The summed E-state index contributed by atoms with van der Waals surface area (Å²) in [5, 5.41) is 0. The second-order valence-electron chi connectivity index (χ2n) is 7.04.